The van der Waals surface area contributed by atoms with Gasteiger partial charge in [-0.05, 0) is 55.5 Å². The standard InChI is InChI=1S/C17H30N2O/c1-13(2)7-9-19(10-8-14(3)4)12-15-5-6-17(20)16(18)11-15/h5-6,11,13-14,20H,7-10,12,18H2,1-4H3. The Balaban J connectivity index is 2.63. The molecule has 0 bridgehead atoms. The van der Waals surface area contributed by atoms with Crippen molar-refractivity contribution in [3.8, 4) is 5.75 Å². The van der Waals surface area contributed by atoms with Crippen molar-refractivity contribution in [3.05, 3.63) is 23.8 Å². The first-order valence-corrected chi connectivity index (χ1v) is 7.68. The molecule has 3 heteroatoms. The molecule has 0 saturated carbocycles. The van der Waals surface area contributed by atoms with Gasteiger partial charge in [0.15, 0.2) is 0 Å². The molecule has 3 nitrogen and oxygen atoms in total. The van der Waals surface area contributed by atoms with Crippen molar-refractivity contribution in [3.63, 3.8) is 0 Å². The maximum atomic E-state index is 9.49. The van der Waals surface area contributed by atoms with Crippen molar-refractivity contribution < 1.29 is 5.11 Å². The van der Waals surface area contributed by atoms with Gasteiger partial charge in [0.05, 0.1) is 5.69 Å². The summed E-state index contributed by atoms with van der Waals surface area (Å²) in [5.74, 6) is 1.62. The van der Waals surface area contributed by atoms with Crippen molar-refractivity contribution in [2.45, 2.75) is 47.1 Å². The summed E-state index contributed by atoms with van der Waals surface area (Å²) in [6.45, 7) is 12.2. The number of nitrogens with zero attached hydrogens (tertiary/aromatic N) is 1. The average Bonchev–Trinajstić information content (AvgIpc) is 2.36. The molecule has 0 aliphatic heterocycles. The second-order valence-electron chi connectivity index (χ2n) is 6.53. The third kappa shape index (κ3) is 6.29. The van der Waals surface area contributed by atoms with Crippen LogP contribution in [0.15, 0.2) is 18.2 Å². The van der Waals surface area contributed by atoms with E-state index >= 15 is 0 Å². The second-order valence-corrected chi connectivity index (χ2v) is 6.53. The lowest BCUT2D eigenvalue weighted by Gasteiger charge is -2.24. The van der Waals surface area contributed by atoms with Gasteiger partial charge in [0.1, 0.15) is 5.75 Å². The normalized spacial score (nSPS) is 11.8. The van der Waals surface area contributed by atoms with Gasteiger partial charge in [-0.25, -0.2) is 0 Å². The Labute approximate surface area is 123 Å². The van der Waals surface area contributed by atoms with Crippen LogP contribution in [0.2, 0.25) is 0 Å². The van der Waals surface area contributed by atoms with Crippen LogP contribution in [0.3, 0.4) is 0 Å². The van der Waals surface area contributed by atoms with Gasteiger partial charge < -0.3 is 10.8 Å². The smallest absolute Gasteiger partial charge is 0.138 e. The van der Waals surface area contributed by atoms with Crippen LogP contribution in [0.25, 0.3) is 0 Å². The molecule has 0 amide bonds. The lowest BCUT2D eigenvalue weighted by atomic mass is 10.1. The summed E-state index contributed by atoms with van der Waals surface area (Å²) in [5, 5.41) is 9.49. The maximum Gasteiger partial charge on any atom is 0.138 e. The Hall–Kier alpha value is -1.22. The SMILES string of the molecule is CC(C)CCN(CCC(C)C)Cc1ccc(O)c(N)c1. The molecule has 1 aromatic carbocycles. The van der Waals surface area contributed by atoms with E-state index in [1.165, 1.54) is 18.4 Å². The fourth-order valence-electron chi connectivity index (χ4n) is 2.11. The molecule has 0 atom stereocenters. The van der Waals surface area contributed by atoms with Crippen LogP contribution in [0.4, 0.5) is 5.69 Å². The van der Waals surface area contributed by atoms with Crippen molar-refractivity contribution >= 4 is 5.69 Å². The molecular weight excluding hydrogens is 248 g/mol. The zero-order valence-corrected chi connectivity index (χ0v) is 13.4. The van der Waals surface area contributed by atoms with Gasteiger partial charge in [0.2, 0.25) is 0 Å². The summed E-state index contributed by atoms with van der Waals surface area (Å²) < 4.78 is 0. The van der Waals surface area contributed by atoms with E-state index in [1.54, 1.807) is 6.07 Å². The van der Waals surface area contributed by atoms with Gasteiger partial charge in [-0.15, -0.1) is 0 Å². The Morgan fingerprint density at radius 2 is 1.60 bits per heavy atom. The Kier molecular flexibility index (Phi) is 6.86. The number of anilines is 1. The monoisotopic (exact) mass is 278 g/mol. The fraction of sp³-hybridized carbons (Fsp3) is 0.647. The topological polar surface area (TPSA) is 49.5 Å². The molecule has 20 heavy (non-hydrogen) atoms. The van der Waals surface area contributed by atoms with Crippen molar-refractivity contribution in [2.24, 2.45) is 11.8 Å². The summed E-state index contributed by atoms with van der Waals surface area (Å²) in [7, 11) is 0. The highest BCUT2D eigenvalue weighted by molar-refractivity contribution is 5.53. The number of hydrogen-bond donors (Lipinski definition) is 2. The number of nitrogens with two attached hydrogens (primary N) is 1. The Bertz CT molecular complexity index is 390. The van der Waals surface area contributed by atoms with Gasteiger partial charge in [-0.2, -0.15) is 0 Å². The number of aromatic hydroxyl groups is 1. The van der Waals surface area contributed by atoms with E-state index in [0.29, 0.717) is 5.69 Å². The zero-order chi connectivity index (χ0) is 15.1. The number of nitrogen functional groups attached to an aromatic ring is 1. The molecule has 3 N–H and O–H groups in total. The zero-order valence-electron chi connectivity index (χ0n) is 13.4. The average molecular weight is 278 g/mol. The van der Waals surface area contributed by atoms with Gasteiger partial charge in [0.25, 0.3) is 0 Å². The number of phenolic OH excluding ortho intramolecular Hbond substituents is 1. The molecule has 0 aliphatic rings. The first-order valence-electron chi connectivity index (χ1n) is 7.68. The van der Waals surface area contributed by atoms with E-state index in [9.17, 15) is 5.11 Å². The molecule has 1 aromatic rings. The minimum Gasteiger partial charge on any atom is -0.506 e. The minimum atomic E-state index is 0.171. The molecule has 114 valence electrons. The van der Waals surface area contributed by atoms with Gasteiger partial charge in [0, 0.05) is 6.54 Å². The third-order valence-electron chi connectivity index (χ3n) is 3.54. The summed E-state index contributed by atoms with van der Waals surface area (Å²) >= 11 is 0. The lowest BCUT2D eigenvalue weighted by Crippen LogP contribution is -2.27. The van der Waals surface area contributed by atoms with E-state index < -0.39 is 0 Å². The summed E-state index contributed by atoms with van der Waals surface area (Å²) in [6.07, 6.45) is 2.43. The van der Waals surface area contributed by atoms with Crippen LogP contribution in [0.1, 0.15) is 46.1 Å². The number of benzene rings is 1. The molecule has 0 fully saturated rings. The van der Waals surface area contributed by atoms with E-state index in [0.717, 1.165) is 31.5 Å². The van der Waals surface area contributed by atoms with Crippen LogP contribution >= 0.6 is 0 Å². The van der Waals surface area contributed by atoms with Crippen LogP contribution in [-0.2, 0) is 6.54 Å². The third-order valence-corrected chi connectivity index (χ3v) is 3.54. The molecule has 0 aliphatic carbocycles. The second kappa shape index (κ2) is 8.15. The highest BCUT2D eigenvalue weighted by Gasteiger charge is 2.09. The number of hydrogen-bond acceptors (Lipinski definition) is 3. The molecular formula is C17H30N2O. The number of phenols is 1. The van der Waals surface area contributed by atoms with Crippen molar-refractivity contribution in [1.29, 1.82) is 0 Å². The van der Waals surface area contributed by atoms with Crippen LogP contribution in [0.5, 0.6) is 5.75 Å². The Morgan fingerprint density at radius 1 is 1.05 bits per heavy atom. The van der Waals surface area contributed by atoms with Gasteiger partial charge >= 0.3 is 0 Å². The van der Waals surface area contributed by atoms with Crippen LogP contribution in [0, 0.1) is 11.8 Å². The maximum absolute atomic E-state index is 9.49. The summed E-state index contributed by atoms with van der Waals surface area (Å²) in [5.41, 5.74) is 7.41. The van der Waals surface area contributed by atoms with Crippen molar-refractivity contribution in [2.75, 3.05) is 18.8 Å². The summed E-state index contributed by atoms with van der Waals surface area (Å²) in [6, 6.07) is 5.53. The highest BCUT2D eigenvalue weighted by atomic mass is 16.3. The molecule has 1 rings (SSSR count). The van der Waals surface area contributed by atoms with E-state index in [2.05, 4.69) is 32.6 Å². The van der Waals surface area contributed by atoms with E-state index in [-0.39, 0.29) is 5.75 Å². The molecule has 0 unspecified atom stereocenters. The van der Waals surface area contributed by atoms with Crippen LogP contribution in [-0.4, -0.2) is 23.1 Å². The lowest BCUT2D eigenvalue weighted by molar-refractivity contribution is 0.235. The molecule has 0 radical (unpaired) electrons. The number of rotatable bonds is 8. The van der Waals surface area contributed by atoms with Crippen molar-refractivity contribution in [1.82, 2.24) is 4.90 Å². The molecule has 0 aromatic heterocycles. The molecule has 0 spiro atoms. The largest absolute Gasteiger partial charge is 0.506 e. The van der Waals surface area contributed by atoms with E-state index in [4.69, 9.17) is 5.73 Å². The predicted molar refractivity (Wildman–Crippen MR) is 86.7 cm³/mol. The fourth-order valence-corrected chi connectivity index (χ4v) is 2.11. The first-order chi connectivity index (χ1) is 9.38. The van der Waals surface area contributed by atoms with E-state index in [1.807, 2.05) is 12.1 Å². The minimum absolute atomic E-state index is 0.171. The molecule has 0 heterocycles. The van der Waals surface area contributed by atoms with Gasteiger partial charge in [-0.1, -0.05) is 33.8 Å². The van der Waals surface area contributed by atoms with Crippen LogP contribution < -0.4 is 5.73 Å². The quantitative estimate of drug-likeness (QED) is 0.560. The predicted octanol–water partition coefficient (Wildman–Crippen LogP) is 3.87. The van der Waals surface area contributed by atoms with Gasteiger partial charge in [-0.3, -0.25) is 4.90 Å². The Morgan fingerprint density at radius 3 is 2.05 bits per heavy atom. The highest BCUT2D eigenvalue weighted by Crippen LogP contribution is 2.21. The molecule has 0 saturated heterocycles. The summed E-state index contributed by atoms with van der Waals surface area (Å²) in [4.78, 5) is 2.49. The first kappa shape index (κ1) is 16.8.